The lowest BCUT2D eigenvalue weighted by Crippen LogP contribution is -2.00. The van der Waals surface area contributed by atoms with E-state index in [4.69, 9.17) is 28.2 Å². The van der Waals surface area contributed by atoms with Crippen molar-refractivity contribution in [2.24, 2.45) is 0 Å². The number of hydrogen-bond acceptors (Lipinski definition) is 2. The molecule has 0 aliphatic heterocycles. The third-order valence-corrected chi connectivity index (χ3v) is 4.55. The van der Waals surface area contributed by atoms with Crippen LogP contribution >= 0.6 is 23.2 Å². The SMILES string of the molecule is CCCCn1c(-c2ccc(C=O)cc2)nc2cc(Cl)c(Cl)cc21. The Labute approximate surface area is 144 Å². The Morgan fingerprint density at radius 1 is 1.13 bits per heavy atom. The maximum atomic E-state index is 10.8. The molecule has 0 saturated carbocycles. The molecule has 0 aliphatic carbocycles. The zero-order valence-corrected chi connectivity index (χ0v) is 14.2. The standard InChI is InChI=1S/C18H16Cl2N2O/c1-2-3-8-22-17-10-15(20)14(19)9-16(17)21-18(22)13-6-4-12(11-23)5-7-13/h4-7,9-11H,2-3,8H2,1H3. The van der Waals surface area contributed by atoms with Gasteiger partial charge >= 0.3 is 0 Å². The lowest BCUT2D eigenvalue weighted by atomic mass is 10.1. The maximum Gasteiger partial charge on any atom is 0.150 e. The first kappa shape index (κ1) is 16.0. The van der Waals surface area contributed by atoms with Gasteiger partial charge in [-0.1, -0.05) is 60.8 Å². The highest BCUT2D eigenvalue weighted by molar-refractivity contribution is 6.42. The number of aryl methyl sites for hydroxylation is 1. The van der Waals surface area contributed by atoms with Crippen LogP contribution in [0.3, 0.4) is 0 Å². The molecule has 2 aromatic carbocycles. The molecule has 23 heavy (non-hydrogen) atoms. The molecule has 0 amide bonds. The number of carbonyl (C=O) groups is 1. The fraction of sp³-hybridized carbons (Fsp3) is 0.222. The number of aldehydes is 1. The third-order valence-electron chi connectivity index (χ3n) is 3.83. The first-order valence-electron chi connectivity index (χ1n) is 7.55. The van der Waals surface area contributed by atoms with Crippen LogP contribution in [0.1, 0.15) is 30.1 Å². The molecule has 0 saturated heterocycles. The normalized spacial score (nSPS) is 11.1. The van der Waals surface area contributed by atoms with Crippen molar-refractivity contribution in [2.45, 2.75) is 26.3 Å². The molecule has 0 spiro atoms. The van der Waals surface area contributed by atoms with Crippen LogP contribution in [0.15, 0.2) is 36.4 Å². The van der Waals surface area contributed by atoms with Crippen LogP contribution in [0.4, 0.5) is 0 Å². The van der Waals surface area contributed by atoms with Gasteiger partial charge in [0.15, 0.2) is 0 Å². The summed E-state index contributed by atoms with van der Waals surface area (Å²) < 4.78 is 2.16. The van der Waals surface area contributed by atoms with Gasteiger partial charge in [0.2, 0.25) is 0 Å². The molecule has 0 bridgehead atoms. The molecule has 118 valence electrons. The number of hydrogen-bond donors (Lipinski definition) is 0. The highest BCUT2D eigenvalue weighted by Crippen LogP contribution is 2.31. The van der Waals surface area contributed by atoms with Crippen molar-refractivity contribution in [1.82, 2.24) is 9.55 Å². The van der Waals surface area contributed by atoms with E-state index in [1.165, 1.54) is 0 Å². The summed E-state index contributed by atoms with van der Waals surface area (Å²) in [6, 6.07) is 11.1. The monoisotopic (exact) mass is 346 g/mol. The molecule has 3 rings (SSSR count). The minimum atomic E-state index is 0.502. The van der Waals surface area contributed by atoms with Gasteiger partial charge in [0, 0.05) is 17.7 Å². The van der Waals surface area contributed by atoms with Gasteiger partial charge < -0.3 is 4.57 Å². The van der Waals surface area contributed by atoms with Crippen molar-refractivity contribution in [3.63, 3.8) is 0 Å². The van der Waals surface area contributed by atoms with Crippen LogP contribution in [0.25, 0.3) is 22.4 Å². The predicted molar refractivity (Wildman–Crippen MR) is 95.5 cm³/mol. The number of nitrogens with zero attached hydrogens (tertiary/aromatic N) is 2. The van der Waals surface area contributed by atoms with E-state index >= 15 is 0 Å². The zero-order valence-electron chi connectivity index (χ0n) is 12.7. The van der Waals surface area contributed by atoms with Crippen molar-refractivity contribution < 1.29 is 4.79 Å². The van der Waals surface area contributed by atoms with Crippen LogP contribution in [-0.2, 0) is 6.54 Å². The van der Waals surface area contributed by atoms with Crippen LogP contribution in [-0.4, -0.2) is 15.8 Å². The molecule has 0 fully saturated rings. The molecular formula is C18H16Cl2N2O. The molecule has 0 atom stereocenters. The minimum Gasteiger partial charge on any atom is -0.324 e. The van der Waals surface area contributed by atoms with Crippen molar-refractivity contribution in [3.05, 3.63) is 52.0 Å². The lowest BCUT2D eigenvalue weighted by Gasteiger charge is -2.09. The zero-order chi connectivity index (χ0) is 16.4. The molecule has 3 nitrogen and oxygen atoms in total. The van der Waals surface area contributed by atoms with Gasteiger partial charge in [0.05, 0.1) is 21.1 Å². The number of imidazole rings is 1. The highest BCUT2D eigenvalue weighted by atomic mass is 35.5. The topological polar surface area (TPSA) is 34.9 Å². The van der Waals surface area contributed by atoms with E-state index < -0.39 is 0 Å². The van der Waals surface area contributed by atoms with Crippen molar-refractivity contribution in [2.75, 3.05) is 0 Å². The average Bonchev–Trinajstić information content (AvgIpc) is 2.91. The van der Waals surface area contributed by atoms with E-state index in [-0.39, 0.29) is 0 Å². The highest BCUT2D eigenvalue weighted by Gasteiger charge is 2.14. The van der Waals surface area contributed by atoms with Gasteiger partial charge in [0.1, 0.15) is 12.1 Å². The maximum absolute atomic E-state index is 10.8. The van der Waals surface area contributed by atoms with Crippen LogP contribution in [0.5, 0.6) is 0 Å². The molecule has 0 N–H and O–H groups in total. The van der Waals surface area contributed by atoms with Crippen molar-refractivity contribution in [3.8, 4) is 11.4 Å². The van der Waals surface area contributed by atoms with Crippen LogP contribution < -0.4 is 0 Å². The van der Waals surface area contributed by atoms with E-state index in [0.29, 0.717) is 15.6 Å². The number of unbranched alkanes of at least 4 members (excludes halogenated alkanes) is 1. The van der Waals surface area contributed by atoms with Gasteiger partial charge in [-0.15, -0.1) is 0 Å². The Hall–Kier alpha value is -1.84. The average molecular weight is 347 g/mol. The number of halogens is 2. The number of rotatable bonds is 5. The van der Waals surface area contributed by atoms with Crippen molar-refractivity contribution >= 4 is 40.5 Å². The number of aromatic nitrogens is 2. The summed E-state index contributed by atoms with van der Waals surface area (Å²) in [6.45, 7) is 3.01. The smallest absolute Gasteiger partial charge is 0.150 e. The van der Waals surface area contributed by atoms with Gasteiger partial charge in [0.25, 0.3) is 0 Å². The Balaban J connectivity index is 2.18. The van der Waals surface area contributed by atoms with Gasteiger partial charge in [-0.05, 0) is 18.6 Å². The summed E-state index contributed by atoms with van der Waals surface area (Å²) >= 11 is 12.3. The van der Waals surface area contributed by atoms with Crippen molar-refractivity contribution in [1.29, 1.82) is 0 Å². The van der Waals surface area contributed by atoms with Gasteiger partial charge in [-0.25, -0.2) is 4.98 Å². The van der Waals surface area contributed by atoms with E-state index in [0.717, 1.165) is 48.1 Å². The molecule has 0 aliphatic rings. The fourth-order valence-corrected chi connectivity index (χ4v) is 2.91. The summed E-state index contributed by atoms with van der Waals surface area (Å²) in [4.78, 5) is 15.6. The Morgan fingerprint density at radius 2 is 1.83 bits per heavy atom. The van der Waals surface area contributed by atoms with E-state index in [1.54, 1.807) is 18.2 Å². The first-order valence-corrected chi connectivity index (χ1v) is 8.30. The molecule has 1 heterocycles. The molecule has 3 aromatic rings. The second kappa shape index (κ2) is 6.73. The van der Waals surface area contributed by atoms with E-state index in [1.807, 2.05) is 18.2 Å². The lowest BCUT2D eigenvalue weighted by molar-refractivity contribution is 0.112. The number of fused-ring (bicyclic) bond motifs is 1. The van der Waals surface area contributed by atoms with Gasteiger partial charge in [-0.3, -0.25) is 4.79 Å². The molecule has 0 radical (unpaired) electrons. The molecule has 1 aromatic heterocycles. The molecule has 5 heteroatoms. The third kappa shape index (κ3) is 3.12. The summed E-state index contributed by atoms with van der Waals surface area (Å²) in [5.74, 6) is 0.865. The number of carbonyl (C=O) groups excluding carboxylic acids is 1. The second-order valence-corrected chi connectivity index (χ2v) is 6.25. The summed E-state index contributed by atoms with van der Waals surface area (Å²) in [5, 5.41) is 1.03. The van der Waals surface area contributed by atoms with E-state index in [2.05, 4.69) is 11.5 Å². The number of benzene rings is 2. The second-order valence-electron chi connectivity index (χ2n) is 5.44. The first-order chi connectivity index (χ1) is 11.1. The fourth-order valence-electron chi connectivity index (χ4n) is 2.59. The Kier molecular flexibility index (Phi) is 4.69. The molecule has 0 unspecified atom stereocenters. The Bertz CT molecular complexity index is 854. The van der Waals surface area contributed by atoms with Crippen LogP contribution in [0, 0.1) is 0 Å². The predicted octanol–water partition coefficient (Wildman–Crippen LogP) is 5.62. The molecular weight excluding hydrogens is 331 g/mol. The summed E-state index contributed by atoms with van der Waals surface area (Å²) in [5.41, 5.74) is 3.42. The summed E-state index contributed by atoms with van der Waals surface area (Å²) in [7, 11) is 0. The van der Waals surface area contributed by atoms with Gasteiger partial charge in [-0.2, -0.15) is 0 Å². The van der Waals surface area contributed by atoms with E-state index in [9.17, 15) is 4.79 Å². The summed E-state index contributed by atoms with van der Waals surface area (Å²) in [6.07, 6.45) is 2.97. The quantitative estimate of drug-likeness (QED) is 0.561. The minimum absolute atomic E-state index is 0.502. The Morgan fingerprint density at radius 3 is 2.48 bits per heavy atom. The van der Waals surface area contributed by atoms with Crippen LogP contribution in [0.2, 0.25) is 10.0 Å². The largest absolute Gasteiger partial charge is 0.324 e.